The Bertz CT molecular complexity index is 482. The van der Waals surface area contributed by atoms with E-state index in [9.17, 15) is 13.2 Å². The Kier molecular flexibility index (Phi) is 3.13. The summed E-state index contributed by atoms with van der Waals surface area (Å²) in [6.07, 6.45) is 5.84. The van der Waals surface area contributed by atoms with Crippen molar-refractivity contribution < 1.29 is 13.2 Å². The minimum atomic E-state index is -3.11. The van der Waals surface area contributed by atoms with Crippen LogP contribution in [0.3, 0.4) is 0 Å². The molecular weight excluding hydrogens is 264 g/mol. The highest BCUT2D eigenvalue weighted by atomic mass is 32.2. The van der Waals surface area contributed by atoms with Gasteiger partial charge in [-0.05, 0) is 38.5 Å². The van der Waals surface area contributed by atoms with Crippen LogP contribution < -0.4 is 0 Å². The van der Waals surface area contributed by atoms with E-state index in [1.54, 1.807) is 4.31 Å². The van der Waals surface area contributed by atoms with E-state index in [2.05, 4.69) is 0 Å². The highest BCUT2D eigenvalue weighted by Crippen LogP contribution is 2.39. The van der Waals surface area contributed by atoms with Crippen molar-refractivity contribution in [3.63, 3.8) is 0 Å². The summed E-state index contributed by atoms with van der Waals surface area (Å²) >= 11 is 0. The fourth-order valence-corrected chi connectivity index (χ4v) is 5.47. The monoisotopic (exact) mass is 286 g/mol. The summed E-state index contributed by atoms with van der Waals surface area (Å²) in [7, 11) is -1.27. The quantitative estimate of drug-likeness (QED) is 0.759. The molecule has 1 amide bonds. The Labute approximate surface area is 115 Å². The van der Waals surface area contributed by atoms with E-state index in [0.717, 1.165) is 38.5 Å². The van der Waals surface area contributed by atoms with Crippen molar-refractivity contribution in [3.05, 3.63) is 0 Å². The highest BCUT2D eigenvalue weighted by molar-refractivity contribution is 7.90. The van der Waals surface area contributed by atoms with Crippen molar-refractivity contribution in [2.45, 2.75) is 55.7 Å². The number of amides is 1. The SMILES string of the molecule is CN1C(=O)CCC[C@@]12CCCN(S(=O)(=O)C1CC1)C2. The fourth-order valence-electron chi connectivity index (χ4n) is 3.51. The van der Waals surface area contributed by atoms with Gasteiger partial charge in [-0.25, -0.2) is 8.42 Å². The third kappa shape index (κ3) is 2.18. The number of nitrogens with zero attached hydrogens (tertiary/aromatic N) is 2. The molecule has 5 nitrogen and oxygen atoms in total. The van der Waals surface area contributed by atoms with E-state index in [1.807, 2.05) is 11.9 Å². The van der Waals surface area contributed by atoms with E-state index in [4.69, 9.17) is 0 Å². The Morgan fingerprint density at radius 3 is 2.58 bits per heavy atom. The molecule has 1 aliphatic carbocycles. The van der Waals surface area contributed by atoms with Gasteiger partial charge in [0.15, 0.2) is 0 Å². The first-order valence-electron chi connectivity index (χ1n) is 7.21. The number of piperidine rings is 2. The Balaban J connectivity index is 1.82. The predicted octanol–water partition coefficient (Wildman–Crippen LogP) is 0.956. The molecule has 0 aromatic heterocycles. The molecule has 1 spiro atoms. The summed E-state index contributed by atoms with van der Waals surface area (Å²) in [5.41, 5.74) is -0.241. The minimum Gasteiger partial charge on any atom is -0.339 e. The van der Waals surface area contributed by atoms with Gasteiger partial charge in [-0.2, -0.15) is 4.31 Å². The largest absolute Gasteiger partial charge is 0.339 e. The number of carbonyl (C=O) groups excluding carboxylic acids is 1. The molecule has 0 unspecified atom stereocenters. The molecule has 2 saturated heterocycles. The Hall–Kier alpha value is -0.620. The molecule has 2 heterocycles. The Morgan fingerprint density at radius 2 is 1.89 bits per heavy atom. The van der Waals surface area contributed by atoms with Gasteiger partial charge in [0.25, 0.3) is 0 Å². The standard InChI is InChI=1S/C13H22N2O3S/c1-14-12(16)4-2-7-13(14)8-3-9-15(10-13)19(17,18)11-5-6-11/h11H,2-10H2,1H3/t13-/m0/s1. The number of carbonyl (C=O) groups is 1. The van der Waals surface area contributed by atoms with Crippen molar-refractivity contribution in [2.75, 3.05) is 20.1 Å². The summed E-state index contributed by atoms with van der Waals surface area (Å²) in [4.78, 5) is 13.8. The molecule has 3 rings (SSSR count). The summed E-state index contributed by atoms with van der Waals surface area (Å²) in [6.45, 7) is 1.14. The lowest BCUT2D eigenvalue weighted by atomic mass is 9.81. The van der Waals surface area contributed by atoms with E-state index in [-0.39, 0.29) is 16.7 Å². The van der Waals surface area contributed by atoms with E-state index >= 15 is 0 Å². The van der Waals surface area contributed by atoms with Gasteiger partial charge in [-0.1, -0.05) is 0 Å². The fraction of sp³-hybridized carbons (Fsp3) is 0.923. The maximum Gasteiger partial charge on any atom is 0.222 e. The van der Waals surface area contributed by atoms with Gasteiger partial charge < -0.3 is 4.90 Å². The van der Waals surface area contributed by atoms with E-state index < -0.39 is 10.0 Å². The molecule has 0 aromatic rings. The summed E-state index contributed by atoms with van der Waals surface area (Å²) < 4.78 is 26.4. The number of rotatable bonds is 2. The van der Waals surface area contributed by atoms with Gasteiger partial charge >= 0.3 is 0 Å². The molecule has 6 heteroatoms. The number of hydrogen-bond donors (Lipinski definition) is 0. The molecule has 108 valence electrons. The normalized spacial score (nSPS) is 33.9. The third-order valence-corrected chi connectivity index (χ3v) is 7.29. The van der Waals surface area contributed by atoms with E-state index in [1.165, 1.54) is 0 Å². The second-order valence-electron chi connectivity index (χ2n) is 6.21. The predicted molar refractivity (Wildman–Crippen MR) is 72.1 cm³/mol. The van der Waals surface area contributed by atoms with Crippen LogP contribution in [0, 0.1) is 0 Å². The first-order valence-corrected chi connectivity index (χ1v) is 8.72. The van der Waals surface area contributed by atoms with Crippen molar-refractivity contribution in [1.29, 1.82) is 0 Å². The molecule has 0 N–H and O–H groups in total. The second kappa shape index (κ2) is 4.45. The zero-order valence-electron chi connectivity index (χ0n) is 11.5. The van der Waals surface area contributed by atoms with Gasteiger partial charge in [0.2, 0.25) is 15.9 Å². The highest BCUT2D eigenvalue weighted by Gasteiger charge is 2.48. The number of sulfonamides is 1. The number of hydrogen-bond acceptors (Lipinski definition) is 3. The zero-order valence-corrected chi connectivity index (χ0v) is 12.3. The average Bonchev–Trinajstić information content (AvgIpc) is 3.21. The van der Waals surface area contributed by atoms with Gasteiger partial charge in [0.05, 0.1) is 10.8 Å². The third-order valence-electron chi connectivity index (χ3n) is 4.94. The minimum absolute atomic E-state index is 0.146. The lowest BCUT2D eigenvalue weighted by Crippen LogP contribution is -2.62. The van der Waals surface area contributed by atoms with Crippen molar-refractivity contribution in [3.8, 4) is 0 Å². The lowest BCUT2D eigenvalue weighted by molar-refractivity contribution is -0.141. The van der Waals surface area contributed by atoms with Gasteiger partial charge in [0, 0.05) is 26.6 Å². The van der Waals surface area contributed by atoms with Crippen molar-refractivity contribution in [2.24, 2.45) is 0 Å². The molecule has 0 aromatic carbocycles. The first-order chi connectivity index (χ1) is 8.96. The van der Waals surface area contributed by atoms with Crippen LogP contribution in [0.4, 0.5) is 0 Å². The molecule has 0 radical (unpaired) electrons. The smallest absolute Gasteiger partial charge is 0.222 e. The van der Waals surface area contributed by atoms with Crippen LogP contribution in [-0.2, 0) is 14.8 Å². The molecule has 2 aliphatic heterocycles. The molecule has 1 saturated carbocycles. The van der Waals surface area contributed by atoms with Crippen LogP contribution in [0.25, 0.3) is 0 Å². The molecule has 3 fully saturated rings. The lowest BCUT2D eigenvalue weighted by Gasteiger charge is -2.50. The van der Waals surface area contributed by atoms with Gasteiger partial charge in [0.1, 0.15) is 0 Å². The molecular formula is C13H22N2O3S. The first kappa shape index (κ1) is 13.4. The van der Waals surface area contributed by atoms with Crippen LogP contribution in [0.1, 0.15) is 44.9 Å². The molecule has 0 bridgehead atoms. The maximum absolute atomic E-state index is 12.4. The van der Waals surface area contributed by atoms with Gasteiger partial charge in [-0.15, -0.1) is 0 Å². The van der Waals surface area contributed by atoms with Crippen LogP contribution in [-0.4, -0.2) is 54.5 Å². The van der Waals surface area contributed by atoms with Crippen molar-refractivity contribution in [1.82, 2.24) is 9.21 Å². The van der Waals surface area contributed by atoms with Crippen LogP contribution in [0.2, 0.25) is 0 Å². The molecule has 1 atom stereocenters. The summed E-state index contributed by atoms with van der Waals surface area (Å²) in [6, 6.07) is 0. The van der Waals surface area contributed by atoms with Crippen molar-refractivity contribution >= 4 is 15.9 Å². The summed E-state index contributed by atoms with van der Waals surface area (Å²) in [5.74, 6) is 0.164. The topological polar surface area (TPSA) is 57.7 Å². The Morgan fingerprint density at radius 1 is 1.21 bits per heavy atom. The molecule has 19 heavy (non-hydrogen) atoms. The number of likely N-dealkylation sites (N-methyl/N-ethyl adjacent to an activating group) is 1. The van der Waals surface area contributed by atoms with Crippen LogP contribution in [0.15, 0.2) is 0 Å². The maximum atomic E-state index is 12.4. The van der Waals surface area contributed by atoms with Gasteiger partial charge in [-0.3, -0.25) is 4.79 Å². The van der Waals surface area contributed by atoms with Crippen LogP contribution in [0.5, 0.6) is 0 Å². The second-order valence-corrected chi connectivity index (χ2v) is 8.43. The van der Waals surface area contributed by atoms with Crippen LogP contribution >= 0.6 is 0 Å². The zero-order chi connectivity index (χ0) is 13.7. The number of likely N-dealkylation sites (tertiary alicyclic amines) is 1. The summed E-state index contributed by atoms with van der Waals surface area (Å²) in [5, 5.41) is -0.146. The molecule has 3 aliphatic rings. The van der Waals surface area contributed by atoms with E-state index in [0.29, 0.717) is 19.5 Å². The average molecular weight is 286 g/mol.